The Balaban J connectivity index is 2.13. The second-order valence-electron chi connectivity index (χ2n) is 5.17. The summed E-state index contributed by atoms with van der Waals surface area (Å²) in [5.74, 6) is -0.529. The molecule has 0 bridgehead atoms. The van der Waals surface area contributed by atoms with E-state index in [1.165, 1.54) is 22.7 Å². The van der Waals surface area contributed by atoms with E-state index in [0.717, 1.165) is 11.3 Å². The van der Waals surface area contributed by atoms with E-state index in [0.29, 0.717) is 5.65 Å². The van der Waals surface area contributed by atoms with Crippen LogP contribution < -0.4 is 5.56 Å². The number of benzene rings is 1. The zero-order chi connectivity index (χ0) is 16.6. The van der Waals surface area contributed by atoms with Crippen molar-refractivity contribution >= 4 is 17.1 Å². The van der Waals surface area contributed by atoms with Crippen LogP contribution in [0.4, 0.5) is 0 Å². The largest absolute Gasteiger partial charge is 0.467 e. The molecule has 1 aromatic carbocycles. The minimum Gasteiger partial charge on any atom is -0.467 e. The van der Waals surface area contributed by atoms with Gasteiger partial charge in [-0.15, -0.1) is 5.10 Å². The van der Waals surface area contributed by atoms with E-state index in [1.807, 2.05) is 31.2 Å². The van der Waals surface area contributed by atoms with Crippen LogP contribution in [0.25, 0.3) is 16.9 Å². The van der Waals surface area contributed by atoms with E-state index in [9.17, 15) is 9.59 Å². The van der Waals surface area contributed by atoms with Crippen LogP contribution in [0.2, 0.25) is 0 Å². The molecule has 8 heteroatoms. The number of ether oxygens (including phenoxy) is 1. The molecule has 0 amide bonds. The molecular formula is C15H15N5O3. The fourth-order valence-corrected chi connectivity index (χ4v) is 2.24. The Labute approximate surface area is 131 Å². The monoisotopic (exact) mass is 313 g/mol. The first kappa shape index (κ1) is 14.9. The summed E-state index contributed by atoms with van der Waals surface area (Å²) in [7, 11) is 1.27. The van der Waals surface area contributed by atoms with Crippen molar-refractivity contribution in [2.45, 2.75) is 19.9 Å². The van der Waals surface area contributed by atoms with Crippen molar-refractivity contribution in [3.63, 3.8) is 0 Å². The molecule has 0 radical (unpaired) electrons. The van der Waals surface area contributed by atoms with Gasteiger partial charge in [-0.1, -0.05) is 22.9 Å². The molecule has 0 fully saturated rings. The Hall–Kier alpha value is -3.03. The highest BCUT2D eigenvalue weighted by atomic mass is 16.5. The number of esters is 1. The summed E-state index contributed by atoms with van der Waals surface area (Å²) in [5.41, 5.74) is 1.87. The summed E-state index contributed by atoms with van der Waals surface area (Å²) in [6, 6.07) is 6.82. The number of rotatable bonds is 3. The number of nitrogens with zero attached hydrogens (tertiary/aromatic N) is 5. The first-order chi connectivity index (χ1) is 11.0. The lowest BCUT2D eigenvalue weighted by atomic mass is 10.2. The molecule has 0 spiro atoms. The standard InChI is InChI=1S/C15H15N5O3/c1-9-4-6-11(7-5-9)20-13-12(17-18-20)14(21)19(8-16-13)10(2)15(22)23-3/h4-8,10H,1-3H3/t10-/m0/s1. The maximum Gasteiger partial charge on any atom is 0.328 e. The Bertz CT molecular complexity index is 926. The molecule has 0 N–H and O–H groups in total. The second kappa shape index (κ2) is 5.64. The van der Waals surface area contributed by atoms with Crippen molar-refractivity contribution in [1.82, 2.24) is 24.5 Å². The van der Waals surface area contributed by atoms with Gasteiger partial charge < -0.3 is 4.74 Å². The van der Waals surface area contributed by atoms with Gasteiger partial charge in [0.1, 0.15) is 12.4 Å². The molecule has 8 nitrogen and oxygen atoms in total. The highest BCUT2D eigenvalue weighted by molar-refractivity contribution is 5.75. The molecule has 3 aromatic rings. The fraction of sp³-hybridized carbons (Fsp3) is 0.267. The Kier molecular flexibility index (Phi) is 3.65. The first-order valence-electron chi connectivity index (χ1n) is 7.00. The zero-order valence-electron chi connectivity index (χ0n) is 12.9. The second-order valence-corrected chi connectivity index (χ2v) is 5.17. The lowest BCUT2D eigenvalue weighted by molar-refractivity contribution is -0.144. The predicted octanol–water partition coefficient (Wildman–Crippen LogP) is 1.02. The minimum atomic E-state index is -0.783. The molecule has 0 saturated heterocycles. The van der Waals surface area contributed by atoms with E-state index >= 15 is 0 Å². The number of carbonyl (C=O) groups excluding carboxylic acids is 1. The Morgan fingerprint density at radius 1 is 1.26 bits per heavy atom. The van der Waals surface area contributed by atoms with Crippen molar-refractivity contribution in [1.29, 1.82) is 0 Å². The van der Waals surface area contributed by atoms with Crippen LogP contribution in [0.1, 0.15) is 18.5 Å². The summed E-state index contributed by atoms with van der Waals surface area (Å²) in [5, 5.41) is 7.91. The molecule has 0 aliphatic rings. The van der Waals surface area contributed by atoms with E-state index in [4.69, 9.17) is 0 Å². The van der Waals surface area contributed by atoms with Gasteiger partial charge in [-0.05, 0) is 26.0 Å². The first-order valence-corrected chi connectivity index (χ1v) is 7.00. The topological polar surface area (TPSA) is 91.9 Å². The number of methoxy groups -OCH3 is 1. The molecule has 0 aliphatic heterocycles. The molecule has 1 atom stereocenters. The summed E-state index contributed by atoms with van der Waals surface area (Å²) in [4.78, 5) is 28.3. The van der Waals surface area contributed by atoms with Crippen LogP contribution in [0.15, 0.2) is 35.4 Å². The van der Waals surface area contributed by atoms with Gasteiger partial charge >= 0.3 is 5.97 Å². The maximum atomic E-state index is 12.5. The van der Waals surface area contributed by atoms with Crippen molar-refractivity contribution < 1.29 is 9.53 Å². The molecule has 118 valence electrons. The van der Waals surface area contributed by atoms with Gasteiger partial charge in [0.2, 0.25) is 0 Å². The highest BCUT2D eigenvalue weighted by Crippen LogP contribution is 2.13. The fourth-order valence-electron chi connectivity index (χ4n) is 2.24. The Morgan fingerprint density at radius 3 is 2.61 bits per heavy atom. The predicted molar refractivity (Wildman–Crippen MR) is 82.4 cm³/mol. The summed E-state index contributed by atoms with van der Waals surface area (Å²) in [6.45, 7) is 3.54. The number of aryl methyl sites for hydroxylation is 1. The quantitative estimate of drug-likeness (QED) is 0.670. The SMILES string of the molecule is COC(=O)[C@H](C)n1cnc2c(nnn2-c2ccc(C)cc2)c1=O. The van der Waals surface area contributed by atoms with Crippen molar-refractivity contribution in [3.8, 4) is 5.69 Å². The highest BCUT2D eigenvalue weighted by Gasteiger charge is 2.20. The summed E-state index contributed by atoms with van der Waals surface area (Å²) >= 11 is 0. The minimum absolute atomic E-state index is 0.101. The van der Waals surface area contributed by atoms with Gasteiger partial charge in [0.15, 0.2) is 11.2 Å². The molecule has 3 rings (SSSR count). The van der Waals surface area contributed by atoms with Gasteiger partial charge in [-0.3, -0.25) is 9.36 Å². The number of fused-ring (bicyclic) bond motifs is 1. The molecule has 23 heavy (non-hydrogen) atoms. The van der Waals surface area contributed by atoms with Crippen LogP contribution in [-0.2, 0) is 9.53 Å². The smallest absolute Gasteiger partial charge is 0.328 e. The molecular weight excluding hydrogens is 298 g/mol. The van der Waals surface area contributed by atoms with E-state index < -0.39 is 17.6 Å². The Morgan fingerprint density at radius 2 is 1.96 bits per heavy atom. The third kappa shape index (κ3) is 2.48. The zero-order valence-corrected chi connectivity index (χ0v) is 12.9. The molecule has 0 unspecified atom stereocenters. The van der Waals surface area contributed by atoms with Crippen molar-refractivity contribution in [3.05, 3.63) is 46.5 Å². The number of aromatic nitrogens is 5. The van der Waals surface area contributed by atoms with Crippen LogP contribution in [-0.4, -0.2) is 37.6 Å². The van der Waals surface area contributed by atoms with Gasteiger partial charge in [0, 0.05) is 0 Å². The maximum absolute atomic E-state index is 12.5. The lowest BCUT2D eigenvalue weighted by Gasteiger charge is -2.11. The lowest BCUT2D eigenvalue weighted by Crippen LogP contribution is -2.29. The van der Waals surface area contributed by atoms with E-state index in [-0.39, 0.29) is 5.52 Å². The van der Waals surface area contributed by atoms with Crippen LogP contribution >= 0.6 is 0 Å². The van der Waals surface area contributed by atoms with Gasteiger partial charge in [-0.25, -0.2) is 9.78 Å². The molecule has 2 heterocycles. The third-order valence-corrected chi connectivity index (χ3v) is 3.63. The third-order valence-electron chi connectivity index (χ3n) is 3.63. The van der Waals surface area contributed by atoms with Crippen LogP contribution in [0, 0.1) is 6.92 Å². The van der Waals surface area contributed by atoms with Crippen LogP contribution in [0.3, 0.4) is 0 Å². The number of carbonyl (C=O) groups is 1. The van der Waals surface area contributed by atoms with Gasteiger partial charge in [0.05, 0.1) is 12.8 Å². The van der Waals surface area contributed by atoms with Crippen molar-refractivity contribution in [2.75, 3.05) is 7.11 Å². The van der Waals surface area contributed by atoms with E-state index in [1.54, 1.807) is 6.92 Å². The summed E-state index contributed by atoms with van der Waals surface area (Å²) in [6.07, 6.45) is 1.31. The summed E-state index contributed by atoms with van der Waals surface area (Å²) < 4.78 is 7.32. The number of hydrogen-bond acceptors (Lipinski definition) is 6. The normalized spacial score (nSPS) is 12.3. The average molecular weight is 313 g/mol. The van der Waals surface area contributed by atoms with Crippen LogP contribution in [0.5, 0.6) is 0 Å². The van der Waals surface area contributed by atoms with Gasteiger partial charge in [0.25, 0.3) is 5.56 Å². The van der Waals surface area contributed by atoms with E-state index in [2.05, 4.69) is 20.0 Å². The molecule has 2 aromatic heterocycles. The van der Waals surface area contributed by atoms with Crippen molar-refractivity contribution in [2.24, 2.45) is 0 Å². The molecule has 0 saturated carbocycles. The average Bonchev–Trinajstić information content (AvgIpc) is 2.99. The van der Waals surface area contributed by atoms with Gasteiger partial charge in [-0.2, -0.15) is 4.68 Å². The number of hydrogen-bond donors (Lipinski definition) is 0. The molecule has 0 aliphatic carbocycles.